The first-order valence-electron chi connectivity index (χ1n) is 9.35. The van der Waals surface area contributed by atoms with Crippen molar-refractivity contribution < 1.29 is 29.2 Å². The molecule has 4 atom stereocenters. The van der Waals surface area contributed by atoms with Gasteiger partial charge in [-0.15, -0.1) is 0 Å². The zero-order chi connectivity index (χ0) is 20.7. The van der Waals surface area contributed by atoms with Gasteiger partial charge in [-0.3, -0.25) is 4.79 Å². The van der Waals surface area contributed by atoms with Crippen molar-refractivity contribution in [2.45, 2.75) is 37.8 Å². The Labute approximate surface area is 166 Å². The summed E-state index contributed by atoms with van der Waals surface area (Å²) < 4.78 is 17.1. The van der Waals surface area contributed by atoms with Crippen molar-refractivity contribution in [2.24, 2.45) is 0 Å². The SMILES string of the molecule is COc1cc2oc(-c3ccccc3)cc(=O)c2c(O)c1[C@H]1C[C@@H](O)[C@H](O)[C@@H](C)O1. The third-order valence-electron chi connectivity index (χ3n) is 5.30. The summed E-state index contributed by atoms with van der Waals surface area (Å²) in [4.78, 5) is 12.8. The number of phenolic OH excluding ortho intramolecular Hbond substituents is 1. The molecule has 2 heterocycles. The van der Waals surface area contributed by atoms with Crippen LogP contribution in [0.5, 0.6) is 11.5 Å². The number of methoxy groups -OCH3 is 1. The molecule has 2 aromatic carbocycles. The van der Waals surface area contributed by atoms with Gasteiger partial charge in [0.2, 0.25) is 0 Å². The molecule has 1 aliphatic heterocycles. The molecule has 1 saturated heterocycles. The van der Waals surface area contributed by atoms with Gasteiger partial charge in [0.25, 0.3) is 0 Å². The van der Waals surface area contributed by atoms with E-state index in [1.165, 1.54) is 19.2 Å². The van der Waals surface area contributed by atoms with Crippen LogP contribution in [0.2, 0.25) is 0 Å². The van der Waals surface area contributed by atoms with Gasteiger partial charge >= 0.3 is 0 Å². The van der Waals surface area contributed by atoms with Gasteiger partial charge < -0.3 is 29.2 Å². The Balaban J connectivity index is 1.88. The predicted octanol–water partition coefficient (Wildman–Crippen LogP) is 2.75. The molecule has 0 bridgehead atoms. The first-order chi connectivity index (χ1) is 13.9. The van der Waals surface area contributed by atoms with E-state index in [1.807, 2.05) is 30.3 Å². The van der Waals surface area contributed by atoms with Gasteiger partial charge in [0.05, 0.1) is 31.0 Å². The maximum Gasteiger partial charge on any atom is 0.197 e. The zero-order valence-electron chi connectivity index (χ0n) is 16.0. The summed E-state index contributed by atoms with van der Waals surface area (Å²) in [5.41, 5.74) is 0.753. The molecule has 0 aliphatic carbocycles. The molecule has 7 heteroatoms. The summed E-state index contributed by atoms with van der Waals surface area (Å²) in [7, 11) is 1.43. The highest BCUT2D eigenvalue weighted by Crippen LogP contribution is 2.44. The lowest BCUT2D eigenvalue weighted by atomic mass is 9.92. The maximum absolute atomic E-state index is 12.8. The van der Waals surface area contributed by atoms with Gasteiger partial charge in [-0.05, 0) is 6.92 Å². The molecule has 3 N–H and O–H groups in total. The van der Waals surface area contributed by atoms with Crippen LogP contribution in [-0.2, 0) is 4.74 Å². The molecule has 1 aromatic heterocycles. The van der Waals surface area contributed by atoms with Crippen molar-refractivity contribution in [3.63, 3.8) is 0 Å². The van der Waals surface area contributed by atoms with E-state index in [4.69, 9.17) is 13.9 Å². The quantitative estimate of drug-likeness (QED) is 0.622. The Hall–Kier alpha value is -2.87. The van der Waals surface area contributed by atoms with E-state index in [0.29, 0.717) is 5.76 Å². The minimum atomic E-state index is -1.03. The monoisotopic (exact) mass is 398 g/mol. The summed E-state index contributed by atoms with van der Waals surface area (Å²) in [6, 6.07) is 12.0. The lowest BCUT2D eigenvalue weighted by Crippen LogP contribution is -2.44. The molecule has 7 nitrogen and oxygen atoms in total. The highest BCUT2D eigenvalue weighted by Gasteiger charge is 2.38. The lowest BCUT2D eigenvalue weighted by molar-refractivity contribution is -0.164. The maximum atomic E-state index is 12.8. The first kappa shape index (κ1) is 19.4. The molecular weight excluding hydrogens is 376 g/mol. The third-order valence-corrected chi connectivity index (χ3v) is 5.30. The normalized spacial score (nSPS) is 24.6. The van der Waals surface area contributed by atoms with E-state index in [9.17, 15) is 20.1 Å². The molecule has 0 spiro atoms. The second-order valence-electron chi connectivity index (χ2n) is 7.18. The Bertz CT molecular complexity index is 1080. The van der Waals surface area contributed by atoms with Gasteiger partial charge in [0.1, 0.15) is 34.3 Å². The minimum Gasteiger partial charge on any atom is -0.506 e. The topological polar surface area (TPSA) is 109 Å². The second kappa shape index (κ2) is 7.51. The summed E-state index contributed by atoms with van der Waals surface area (Å²) >= 11 is 0. The van der Waals surface area contributed by atoms with Crippen LogP contribution in [-0.4, -0.2) is 40.7 Å². The molecule has 0 unspecified atom stereocenters. The van der Waals surface area contributed by atoms with Crippen LogP contribution in [0.15, 0.2) is 51.7 Å². The molecule has 0 saturated carbocycles. The fourth-order valence-electron chi connectivity index (χ4n) is 3.77. The number of fused-ring (bicyclic) bond motifs is 1. The number of phenols is 1. The van der Waals surface area contributed by atoms with Gasteiger partial charge in [-0.2, -0.15) is 0 Å². The number of aromatic hydroxyl groups is 1. The summed E-state index contributed by atoms with van der Waals surface area (Å²) in [5.74, 6) is 0.330. The molecule has 0 radical (unpaired) electrons. The van der Waals surface area contributed by atoms with E-state index in [2.05, 4.69) is 0 Å². The Morgan fingerprint density at radius 1 is 1.14 bits per heavy atom. The van der Waals surface area contributed by atoms with Crippen molar-refractivity contribution in [2.75, 3.05) is 7.11 Å². The van der Waals surface area contributed by atoms with Crippen molar-refractivity contribution in [3.05, 3.63) is 58.3 Å². The van der Waals surface area contributed by atoms with E-state index >= 15 is 0 Å². The number of benzene rings is 2. The molecule has 4 rings (SSSR count). The molecule has 3 aromatic rings. The highest BCUT2D eigenvalue weighted by molar-refractivity contribution is 5.88. The molecule has 1 aliphatic rings. The number of aliphatic hydroxyl groups is 2. The van der Waals surface area contributed by atoms with Crippen LogP contribution >= 0.6 is 0 Å². The zero-order valence-corrected chi connectivity index (χ0v) is 16.0. The first-order valence-corrected chi connectivity index (χ1v) is 9.35. The third kappa shape index (κ3) is 3.37. The summed E-state index contributed by atoms with van der Waals surface area (Å²) in [5, 5.41) is 31.0. The van der Waals surface area contributed by atoms with Crippen molar-refractivity contribution in [1.29, 1.82) is 0 Å². The van der Waals surface area contributed by atoms with E-state index in [1.54, 1.807) is 6.92 Å². The average Bonchev–Trinajstić information content (AvgIpc) is 2.71. The van der Waals surface area contributed by atoms with E-state index in [-0.39, 0.29) is 34.5 Å². The summed E-state index contributed by atoms with van der Waals surface area (Å²) in [6.07, 6.45) is -3.41. The lowest BCUT2D eigenvalue weighted by Gasteiger charge is -2.36. The van der Waals surface area contributed by atoms with Crippen molar-refractivity contribution in [1.82, 2.24) is 0 Å². The van der Waals surface area contributed by atoms with Gasteiger partial charge in [-0.1, -0.05) is 30.3 Å². The molecule has 29 heavy (non-hydrogen) atoms. The van der Waals surface area contributed by atoms with Crippen LogP contribution in [0.1, 0.15) is 25.0 Å². The molecule has 1 fully saturated rings. The van der Waals surface area contributed by atoms with Crippen molar-refractivity contribution in [3.8, 4) is 22.8 Å². The molecule has 152 valence electrons. The molecular formula is C22H22O7. The minimum absolute atomic E-state index is 0.0114. The fourth-order valence-corrected chi connectivity index (χ4v) is 3.77. The average molecular weight is 398 g/mol. The largest absolute Gasteiger partial charge is 0.506 e. The smallest absolute Gasteiger partial charge is 0.197 e. The number of hydrogen-bond acceptors (Lipinski definition) is 7. The fraction of sp³-hybridized carbons (Fsp3) is 0.318. The number of hydrogen-bond donors (Lipinski definition) is 3. The highest BCUT2D eigenvalue weighted by atomic mass is 16.5. The number of rotatable bonds is 3. The number of ether oxygens (including phenoxy) is 2. The van der Waals surface area contributed by atoms with E-state index < -0.39 is 29.8 Å². The van der Waals surface area contributed by atoms with Crippen LogP contribution in [0.25, 0.3) is 22.3 Å². The van der Waals surface area contributed by atoms with Gasteiger partial charge in [0.15, 0.2) is 5.43 Å². The Morgan fingerprint density at radius 3 is 2.52 bits per heavy atom. The van der Waals surface area contributed by atoms with Crippen LogP contribution in [0.4, 0.5) is 0 Å². The Morgan fingerprint density at radius 2 is 1.86 bits per heavy atom. The van der Waals surface area contributed by atoms with Crippen LogP contribution < -0.4 is 10.2 Å². The molecule has 0 amide bonds. The van der Waals surface area contributed by atoms with Crippen molar-refractivity contribution >= 4 is 11.0 Å². The standard InChI is InChI=1S/C22H22O7/c1-11-21(25)14(24)9-17(28-11)20-16(27-2)10-18-19(22(20)26)13(23)8-15(29-18)12-6-4-3-5-7-12/h3-8,10-11,14,17,21,24-26H,9H2,1-2H3/t11-,14-,17-,21-/m1/s1. The Kier molecular flexibility index (Phi) is 5.04. The van der Waals surface area contributed by atoms with Crippen LogP contribution in [0.3, 0.4) is 0 Å². The van der Waals surface area contributed by atoms with E-state index in [0.717, 1.165) is 5.56 Å². The predicted molar refractivity (Wildman–Crippen MR) is 106 cm³/mol. The van der Waals surface area contributed by atoms with Gasteiger partial charge in [-0.25, -0.2) is 0 Å². The summed E-state index contributed by atoms with van der Waals surface area (Å²) in [6.45, 7) is 1.63. The van der Waals surface area contributed by atoms with Gasteiger partial charge in [0, 0.05) is 24.1 Å². The number of aliphatic hydroxyl groups excluding tert-OH is 2. The van der Waals surface area contributed by atoms with Crippen LogP contribution in [0, 0.1) is 0 Å². The second-order valence-corrected chi connectivity index (χ2v) is 7.18.